The van der Waals surface area contributed by atoms with E-state index in [0.29, 0.717) is 18.9 Å². The van der Waals surface area contributed by atoms with Crippen molar-refractivity contribution in [3.63, 3.8) is 0 Å². The second-order valence-electron chi connectivity index (χ2n) is 5.57. The van der Waals surface area contributed by atoms with Crippen molar-refractivity contribution in [1.29, 1.82) is 0 Å². The standard InChI is InChI=1S/C13H23N3O3S/c1-10-7-16(11(2)8-19-3)13(15-10)14-6-12-4-5-20(17,18)9-12/h7,11-12H,4-6,8-9H2,1-3H3,(H,14,15). The minimum Gasteiger partial charge on any atom is -0.383 e. The Labute approximate surface area is 120 Å². The molecule has 1 fully saturated rings. The van der Waals surface area contributed by atoms with Gasteiger partial charge in [-0.25, -0.2) is 13.4 Å². The molecule has 0 saturated carbocycles. The van der Waals surface area contributed by atoms with E-state index in [1.807, 2.05) is 17.7 Å². The second kappa shape index (κ2) is 6.13. The Hall–Kier alpha value is -1.08. The van der Waals surface area contributed by atoms with E-state index in [-0.39, 0.29) is 17.7 Å². The van der Waals surface area contributed by atoms with Crippen LogP contribution in [0.2, 0.25) is 0 Å². The van der Waals surface area contributed by atoms with Crippen molar-refractivity contribution >= 4 is 15.8 Å². The molecule has 0 radical (unpaired) electrons. The van der Waals surface area contributed by atoms with Crippen LogP contribution in [0.1, 0.15) is 25.1 Å². The molecule has 2 heterocycles. The number of ether oxygens (including phenoxy) is 1. The van der Waals surface area contributed by atoms with Gasteiger partial charge >= 0.3 is 0 Å². The monoisotopic (exact) mass is 301 g/mol. The number of methoxy groups -OCH3 is 1. The first-order chi connectivity index (χ1) is 9.41. The highest BCUT2D eigenvalue weighted by molar-refractivity contribution is 7.91. The van der Waals surface area contributed by atoms with Crippen LogP contribution in [0.15, 0.2) is 6.20 Å². The largest absolute Gasteiger partial charge is 0.383 e. The maximum atomic E-state index is 11.5. The molecule has 1 N–H and O–H groups in total. The van der Waals surface area contributed by atoms with Crippen LogP contribution in [-0.2, 0) is 14.6 Å². The minimum atomic E-state index is -2.82. The molecule has 1 aromatic rings. The summed E-state index contributed by atoms with van der Waals surface area (Å²) in [5, 5.41) is 3.28. The topological polar surface area (TPSA) is 73.2 Å². The Morgan fingerprint density at radius 1 is 1.60 bits per heavy atom. The van der Waals surface area contributed by atoms with E-state index in [1.54, 1.807) is 7.11 Å². The van der Waals surface area contributed by atoms with Crippen LogP contribution in [0.25, 0.3) is 0 Å². The Balaban J connectivity index is 1.99. The van der Waals surface area contributed by atoms with Crippen LogP contribution in [0.4, 0.5) is 5.95 Å². The summed E-state index contributed by atoms with van der Waals surface area (Å²) in [6.07, 6.45) is 2.72. The predicted octanol–water partition coefficient (Wildman–Crippen LogP) is 1.25. The van der Waals surface area contributed by atoms with E-state index in [1.165, 1.54) is 0 Å². The van der Waals surface area contributed by atoms with Gasteiger partial charge in [0.25, 0.3) is 0 Å². The number of sulfone groups is 1. The molecule has 7 heteroatoms. The Morgan fingerprint density at radius 3 is 2.95 bits per heavy atom. The van der Waals surface area contributed by atoms with Crippen LogP contribution in [-0.4, -0.2) is 49.7 Å². The van der Waals surface area contributed by atoms with Gasteiger partial charge in [-0.2, -0.15) is 0 Å². The van der Waals surface area contributed by atoms with Crippen LogP contribution < -0.4 is 5.32 Å². The summed E-state index contributed by atoms with van der Waals surface area (Å²) in [4.78, 5) is 4.46. The lowest BCUT2D eigenvalue weighted by molar-refractivity contribution is 0.163. The molecule has 0 aromatic carbocycles. The van der Waals surface area contributed by atoms with E-state index in [4.69, 9.17) is 4.74 Å². The molecule has 1 aliphatic heterocycles. The number of hydrogen-bond acceptors (Lipinski definition) is 5. The molecule has 1 aromatic heterocycles. The number of aryl methyl sites for hydroxylation is 1. The second-order valence-corrected chi connectivity index (χ2v) is 7.80. The highest BCUT2D eigenvalue weighted by atomic mass is 32.2. The van der Waals surface area contributed by atoms with Crippen LogP contribution in [0.5, 0.6) is 0 Å². The van der Waals surface area contributed by atoms with E-state index in [9.17, 15) is 8.42 Å². The van der Waals surface area contributed by atoms with Gasteiger partial charge in [0.15, 0.2) is 9.84 Å². The third-order valence-electron chi connectivity index (χ3n) is 3.61. The van der Waals surface area contributed by atoms with Gasteiger partial charge < -0.3 is 14.6 Å². The van der Waals surface area contributed by atoms with Crippen molar-refractivity contribution in [2.24, 2.45) is 5.92 Å². The number of nitrogens with one attached hydrogen (secondary N) is 1. The maximum absolute atomic E-state index is 11.5. The number of hydrogen-bond donors (Lipinski definition) is 1. The first-order valence-electron chi connectivity index (χ1n) is 6.90. The zero-order valence-corrected chi connectivity index (χ0v) is 13.1. The van der Waals surface area contributed by atoms with Crippen molar-refractivity contribution in [3.8, 4) is 0 Å². The lowest BCUT2D eigenvalue weighted by Crippen LogP contribution is -2.20. The van der Waals surface area contributed by atoms with Crippen molar-refractivity contribution < 1.29 is 13.2 Å². The van der Waals surface area contributed by atoms with Gasteiger partial charge in [0.05, 0.1) is 29.8 Å². The van der Waals surface area contributed by atoms with Crippen LogP contribution in [0, 0.1) is 12.8 Å². The predicted molar refractivity (Wildman–Crippen MR) is 78.8 cm³/mol. The number of nitrogens with zero attached hydrogens (tertiary/aromatic N) is 2. The third kappa shape index (κ3) is 3.73. The number of aromatic nitrogens is 2. The van der Waals surface area contributed by atoms with Crippen molar-refractivity contribution in [2.45, 2.75) is 26.3 Å². The SMILES string of the molecule is COCC(C)n1cc(C)nc1NCC1CCS(=O)(=O)C1. The summed E-state index contributed by atoms with van der Waals surface area (Å²) in [5.41, 5.74) is 0.939. The summed E-state index contributed by atoms with van der Waals surface area (Å²) in [7, 11) is -1.14. The van der Waals surface area contributed by atoms with Gasteiger partial charge in [-0.1, -0.05) is 0 Å². The summed E-state index contributed by atoms with van der Waals surface area (Å²) in [6.45, 7) is 5.27. The molecule has 2 rings (SSSR count). The van der Waals surface area contributed by atoms with Crippen molar-refractivity contribution in [3.05, 3.63) is 11.9 Å². The average molecular weight is 301 g/mol. The van der Waals surface area contributed by atoms with Gasteiger partial charge in [-0.15, -0.1) is 0 Å². The van der Waals surface area contributed by atoms with Gasteiger partial charge in [0, 0.05) is 19.9 Å². The first-order valence-corrected chi connectivity index (χ1v) is 8.72. The highest BCUT2D eigenvalue weighted by Crippen LogP contribution is 2.21. The molecule has 0 spiro atoms. The van der Waals surface area contributed by atoms with Crippen molar-refractivity contribution in [2.75, 3.05) is 37.1 Å². The van der Waals surface area contributed by atoms with Crippen molar-refractivity contribution in [1.82, 2.24) is 9.55 Å². The fraction of sp³-hybridized carbons (Fsp3) is 0.769. The van der Waals surface area contributed by atoms with E-state index in [2.05, 4.69) is 17.2 Å². The molecular formula is C13H23N3O3S. The zero-order valence-electron chi connectivity index (χ0n) is 12.3. The summed E-state index contributed by atoms with van der Waals surface area (Å²) in [5.74, 6) is 1.57. The number of imidazole rings is 1. The molecule has 0 aliphatic carbocycles. The summed E-state index contributed by atoms with van der Waals surface area (Å²) >= 11 is 0. The molecule has 1 aliphatic rings. The maximum Gasteiger partial charge on any atom is 0.203 e. The lowest BCUT2D eigenvalue weighted by Gasteiger charge is -2.17. The van der Waals surface area contributed by atoms with Gasteiger partial charge in [-0.3, -0.25) is 0 Å². The molecule has 20 heavy (non-hydrogen) atoms. The highest BCUT2D eigenvalue weighted by Gasteiger charge is 2.27. The molecule has 6 nitrogen and oxygen atoms in total. The Kier molecular flexibility index (Phi) is 4.70. The summed E-state index contributed by atoms with van der Waals surface area (Å²) in [6, 6.07) is 0.191. The zero-order chi connectivity index (χ0) is 14.8. The summed E-state index contributed by atoms with van der Waals surface area (Å²) < 4.78 is 30.1. The average Bonchev–Trinajstić information content (AvgIpc) is 2.90. The van der Waals surface area contributed by atoms with Crippen LogP contribution in [0.3, 0.4) is 0 Å². The number of anilines is 1. The van der Waals surface area contributed by atoms with Gasteiger partial charge in [0.2, 0.25) is 5.95 Å². The molecule has 2 atom stereocenters. The molecule has 0 amide bonds. The van der Waals surface area contributed by atoms with E-state index < -0.39 is 9.84 Å². The lowest BCUT2D eigenvalue weighted by atomic mass is 10.1. The molecule has 1 saturated heterocycles. The Morgan fingerprint density at radius 2 is 2.35 bits per heavy atom. The smallest absolute Gasteiger partial charge is 0.203 e. The fourth-order valence-corrected chi connectivity index (χ4v) is 4.43. The van der Waals surface area contributed by atoms with Gasteiger partial charge in [-0.05, 0) is 26.2 Å². The van der Waals surface area contributed by atoms with E-state index >= 15 is 0 Å². The van der Waals surface area contributed by atoms with Crippen LogP contribution >= 0.6 is 0 Å². The first kappa shape index (κ1) is 15.3. The third-order valence-corrected chi connectivity index (χ3v) is 5.45. The number of rotatable bonds is 6. The molecule has 114 valence electrons. The fourth-order valence-electron chi connectivity index (χ4n) is 2.57. The van der Waals surface area contributed by atoms with Gasteiger partial charge in [0.1, 0.15) is 0 Å². The minimum absolute atomic E-state index is 0.184. The quantitative estimate of drug-likeness (QED) is 0.856. The normalized spacial score (nSPS) is 22.9. The molecule has 0 bridgehead atoms. The van der Waals surface area contributed by atoms with E-state index in [0.717, 1.165) is 18.1 Å². The molecular weight excluding hydrogens is 278 g/mol. The Bertz CT molecular complexity index is 553. The molecule has 2 unspecified atom stereocenters.